The average molecular weight is 518 g/mol. The Kier molecular flexibility index (Phi) is 7.39. The molecule has 0 aliphatic rings. The lowest BCUT2D eigenvalue weighted by molar-refractivity contribution is 0.132. The zero-order chi connectivity index (χ0) is 20.6. The molecule has 0 amide bonds. The van der Waals surface area contributed by atoms with Crippen LogP contribution < -0.4 is 4.74 Å². The number of hydrogen-bond acceptors (Lipinski definition) is 4. The molecule has 0 unspecified atom stereocenters. The molecule has 3 aromatic rings. The van der Waals surface area contributed by atoms with Gasteiger partial charge in [-0.2, -0.15) is 5.26 Å². The Morgan fingerprint density at radius 3 is 2.38 bits per heavy atom. The molecule has 0 saturated carbocycles. The predicted molar refractivity (Wildman–Crippen MR) is 116 cm³/mol. The number of oxime groups is 1. The van der Waals surface area contributed by atoms with E-state index in [1.165, 1.54) is 12.1 Å². The maximum Gasteiger partial charge on any atom is 0.148 e. The Labute approximate surface area is 184 Å². The van der Waals surface area contributed by atoms with E-state index in [4.69, 9.17) is 14.8 Å². The first kappa shape index (κ1) is 21.0. The lowest BCUT2D eigenvalue weighted by Crippen LogP contribution is -1.98. The molecule has 4 nitrogen and oxygen atoms in total. The fraction of sp³-hybridized carbons (Fsp3) is 0.0909. The molecule has 7 heteroatoms. The standard InChI is InChI=1S/C22H15Br2FN2O2/c23-20-9-16(12-27-29-14-18-4-2-1-3-17(18)11-26)10-21(24)22(20)28-13-15-5-7-19(25)8-6-15/h1-10,12H,13-14H2/b27-12-. The molecule has 0 saturated heterocycles. The normalized spacial score (nSPS) is 10.7. The third-order valence-electron chi connectivity index (χ3n) is 3.95. The molecule has 0 aliphatic carbocycles. The molecule has 146 valence electrons. The third kappa shape index (κ3) is 5.89. The van der Waals surface area contributed by atoms with Gasteiger partial charge in [0.1, 0.15) is 24.8 Å². The molecule has 0 bridgehead atoms. The van der Waals surface area contributed by atoms with Crippen molar-refractivity contribution in [2.45, 2.75) is 13.2 Å². The zero-order valence-corrected chi connectivity index (χ0v) is 18.3. The quantitative estimate of drug-likeness (QED) is 0.271. The van der Waals surface area contributed by atoms with Crippen molar-refractivity contribution in [1.82, 2.24) is 0 Å². The third-order valence-corrected chi connectivity index (χ3v) is 5.13. The van der Waals surface area contributed by atoms with Crippen molar-refractivity contribution in [3.05, 3.63) is 97.7 Å². The predicted octanol–water partition coefficient (Wildman–Crippen LogP) is 6.35. The Bertz CT molecular complexity index is 1040. The fourth-order valence-electron chi connectivity index (χ4n) is 2.49. The van der Waals surface area contributed by atoms with Crippen LogP contribution in [0.3, 0.4) is 0 Å². The van der Waals surface area contributed by atoms with Gasteiger partial charge in [-0.05, 0) is 73.3 Å². The highest BCUT2D eigenvalue weighted by atomic mass is 79.9. The van der Waals surface area contributed by atoms with Crippen LogP contribution >= 0.6 is 31.9 Å². The van der Waals surface area contributed by atoms with Gasteiger partial charge in [-0.1, -0.05) is 35.5 Å². The largest absolute Gasteiger partial charge is 0.487 e. The summed E-state index contributed by atoms with van der Waals surface area (Å²) in [5, 5.41) is 13.1. The van der Waals surface area contributed by atoms with Crippen molar-refractivity contribution < 1.29 is 14.0 Å². The van der Waals surface area contributed by atoms with Crippen molar-refractivity contribution >= 4 is 38.1 Å². The topological polar surface area (TPSA) is 54.6 Å². The van der Waals surface area contributed by atoms with Crippen molar-refractivity contribution in [3.63, 3.8) is 0 Å². The summed E-state index contributed by atoms with van der Waals surface area (Å²) in [6, 6.07) is 19.2. The molecule has 0 heterocycles. The lowest BCUT2D eigenvalue weighted by atomic mass is 10.1. The van der Waals surface area contributed by atoms with Crippen molar-refractivity contribution in [1.29, 1.82) is 5.26 Å². The Balaban J connectivity index is 1.61. The summed E-state index contributed by atoms with van der Waals surface area (Å²) in [7, 11) is 0. The van der Waals surface area contributed by atoms with Crippen molar-refractivity contribution in [2.24, 2.45) is 5.16 Å². The highest BCUT2D eigenvalue weighted by molar-refractivity contribution is 9.11. The molecule has 0 aromatic heterocycles. The van der Waals surface area contributed by atoms with Crippen LogP contribution in [0.15, 0.2) is 74.8 Å². The van der Waals surface area contributed by atoms with E-state index < -0.39 is 0 Å². The van der Waals surface area contributed by atoms with Gasteiger partial charge in [-0.3, -0.25) is 0 Å². The SMILES string of the molecule is N#Cc1ccccc1CO/N=C\c1cc(Br)c(OCc2ccc(F)cc2)c(Br)c1. The maximum atomic E-state index is 13.0. The average Bonchev–Trinajstić information content (AvgIpc) is 2.72. The fourth-order valence-corrected chi connectivity index (χ4v) is 3.94. The second-order valence-electron chi connectivity index (χ2n) is 6.01. The second kappa shape index (κ2) is 10.2. The summed E-state index contributed by atoms with van der Waals surface area (Å²) in [4.78, 5) is 5.32. The van der Waals surface area contributed by atoms with Gasteiger partial charge < -0.3 is 9.57 Å². The number of hydrogen-bond donors (Lipinski definition) is 0. The van der Waals surface area contributed by atoms with E-state index in [0.717, 1.165) is 25.6 Å². The minimum atomic E-state index is -0.280. The van der Waals surface area contributed by atoms with Gasteiger partial charge in [0.25, 0.3) is 0 Å². The first-order valence-electron chi connectivity index (χ1n) is 8.56. The van der Waals surface area contributed by atoms with Crippen LogP contribution in [0.5, 0.6) is 5.75 Å². The van der Waals surface area contributed by atoms with Gasteiger partial charge in [0.15, 0.2) is 0 Å². The second-order valence-corrected chi connectivity index (χ2v) is 7.71. The molecule has 3 rings (SSSR count). The molecule has 0 fully saturated rings. The smallest absolute Gasteiger partial charge is 0.148 e. The molecule has 3 aromatic carbocycles. The monoisotopic (exact) mass is 516 g/mol. The van der Waals surface area contributed by atoms with Crippen LogP contribution in [-0.2, 0) is 18.1 Å². The van der Waals surface area contributed by atoms with Crippen LogP contribution in [0.4, 0.5) is 4.39 Å². The number of halogens is 3. The highest BCUT2D eigenvalue weighted by Gasteiger charge is 2.09. The molecule has 29 heavy (non-hydrogen) atoms. The molecule has 0 N–H and O–H groups in total. The molecular weight excluding hydrogens is 503 g/mol. The summed E-state index contributed by atoms with van der Waals surface area (Å²) in [6.07, 6.45) is 1.58. The van der Waals surface area contributed by atoms with Crippen LogP contribution in [0.25, 0.3) is 0 Å². The van der Waals surface area contributed by atoms with E-state index in [9.17, 15) is 4.39 Å². The summed E-state index contributed by atoms with van der Waals surface area (Å²) in [5.74, 6) is 0.355. The Morgan fingerprint density at radius 2 is 1.69 bits per heavy atom. The Morgan fingerprint density at radius 1 is 1.00 bits per heavy atom. The summed E-state index contributed by atoms with van der Waals surface area (Å²) in [5.41, 5.74) is 3.00. The van der Waals surface area contributed by atoms with E-state index in [0.29, 0.717) is 17.9 Å². The van der Waals surface area contributed by atoms with Crippen molar-refractivity contribution in [2.75, 3.05) is 0 Å². The zero-order valence-electron chi connectivity index (χ0n) is 15.1. The minimum Gasteiger partial charge on any atom is -0.487 e. The van der Waals surface area contributed by atoms with Crippen LogP contribution in [-0.4, -0.2) is 6.21 Å². The first-order chi connectivity index (χ1) is 14.1. The van der Waals surface area contributed by atoms with Crippen LogP contribution in [0.2, 0.25) is 0 Å². The minimum absolute atomic E-state index is 0.210. The number of nitriles is 1. The summed E-state index contributed by atoms with van der Waals surface area (Å²) in [6.45, 7) is 0.522. The molecular formula is C22H15Br2FN2O2. The van der Waals surface area contributed by atoms with E-state index >= 15 is 0 Å². The maximum absolute atomic E-state index is 13.0. The highest BCUT2D eigenvalue weighted by Crippen LogP contribution is 2.35. The first-order valence-corrected chi connectivity index (χ1v) is 10.1. The number of nitrogens with zero attached hydrogens (tertiary/aromatic N) is 2. The Hall–Kier alpha value is -2.69. The number of benzene rings is 3. The number of ether oxygens (including phenoxy) is 1. The van der Waals surface area contributed by atoms with Gasteiger partial charge in [-0.25, -0.2) is 4.39 Å². The van der Waals surface area contributed by atoms with Crippen LogP contribution in [0.1, 0.15) is 22.3 Å². The molecule has 0 spiro atoms. The van der Waals surface area contributed by atoms with Crippen LogP contribution in [0, 0.1) is 17.1 Å². The van der Waals surface area contributed by atoms with Gasteiger partial charge in [0.2, 0.25) is 0 Å². The number of rotatable bonds is 7. The summed E-state index contributed by atoms with van der Waals surface area (Å²) >= 11 is 6.99. The van der Waals surface area contributed by atoms with Gasteiger partial charge in [0.05, 0.1) is 26.8 Å². The van der Waals surface area contributed by atoms with Gasteiger partial charge >= 0.3 is 0 Å². The molecule has 0 atom stereocenters. The van der Waals surface area contributed by atoms with Crippen molar-refractivity contribution in [3.8, 4) is 11.8 Å². The summed E-state index contributed by atoms with van der Waals surface area (Å²) < 4.78 is 20.3. The van der Waals surface area contributed by atoms with E-state index in [1.54, 1.807) is 30.5 Å². The van der Waals surface area contributed by atoms with Gasteiger partial charge in [0, 0.05) is 5.56 Å². The molecule has 0 radical (unpaired) electrons. The van der Waals surface area contributed by atoms with E-state index in [2.05, 4.69) is 43.1 Å². The van der Waals surface area contributed by atoms with Gasteiger partial charge in [-0.15, -0.1) is 0 Å². The van der Waals surface area contributed by atoms with E-state index in [1.807, 2.05) is 24.3 Å². The van der Waals surface area contributed by atoms with E-state index in [-0.39, 0.29) is 12.4 Å². The lowest BCUT2D eigenvalue weighted by Gasteiger charge is -2.11. The molecule has 0 aliphatic heterocycles.